The summed E-state index contributed by atoms with van der Waals surface area (Å²) in [6, 6.07) is 18.6. The fraction of sp³-hybridized carbons (Fsp3) is 0.190. The van der Waals surface area contributed by atoms with Crippen LogP contribution >= 0.6 is 0 Å². The number of benzene rings is 2. The number of aryl methyl sites for hydroxylation is 1. The van der Waals surface area contributed by atoms with Gasteiger partial charge in [-0.05, 0) is 43.7 Å². The minimum absolute atomic E-state index is 0.297. The van der Waals surface area contributed by atoms with Crippen LogP contribution in [0.1, 0.15) is 28.1 Å². The molecule has 0 aliphatic heterocycles. The molecule has 2 amide bonds. The number of carbonyl (C=O) groups is 1. The van der Waals surface area contributed by atoms with Crippen LogP contribution in [0.3, 0.4) is 0 Å². The van der Waals surface area contributed by atoms with Gasteiger partial charge in [-0.1, -0.05) is 30.3 Å². The Morgan fingerprint density at radius 3 is 2.48 bits per heavy atom. The Kier molecular flexibility index (Phi) is 5.53. The van der Waals surface area contributed by atoms with Gasteiger partial charge in [-0.25, -0.2) is 4.79 Å². The second-order valence-electron chi connectivity index (χ2n) is 6.29. The van der Waals surface area contributed by atoms with Crippen molar-refractivity contribution in [2.75, 3.05) is 5.32 Å². The highest BCUT2D eigenvalue weighted by atomic mass is 16.2. The first-order valence-corrected chi connectivity index (χ1v) is 8.68. The number of hydrogen-bond donors (Lipinski definition) is 2. The molecule has 3 rings (SSSR count). The second kappa shape index (κ2) is 8.19. The zero-order valence-electron chi connectivity index (χ0n) is 15.4. The molecule has 0 spiro atoms. The Bertz CT molecular complexity index is 968. The topological polar surface area (TPSA) is 82.7 Å². The maximum atomic E-state index is 12.1. The van der Waals surface area contributed by atoms with E-state index in [0.717, 1.165) is 17.0 Å². The van der Waals surface area contributed by atoms with Gasteiger partial charge in [0.25, 0.3) is 0 Å². The summed E-state index contributed by atoms with van der Waals surface area (Å²) in [4.78, 5) is 12.1. The zero-order valence-corrected chi connectivity index (χ0v) is 15.4. The van der Waals surface area contributed by atoms with Gasteiger partial charge < -0.3 is 10.6 Å². The number of carbonyl (C=O) groups excluding carboxylic acids is 1. The normalized spacial score (nSPS) is 10.3. The molecule has 0 bridgehead atoms. The standard InChI is InChI=1S/C21H21N5O/c1-15-20(16(2)26(25-15)14-18-6-4-3-5-7-18)13-23-21(27)24-19-10-8-17(12-22)9-11-19/h3-11H,13-14H2,1-2H3,(H2,23,24,27). The van der Waals surface area contributed by atoms with Crippen LogP contribution in [0.4, 0.5) is 10.5 Å². The smallest absolute Gasteiger partial charge is 0.319 e. The maximum Gasteiger partial charge on any atom is 0.319 e. The minimum Gasteiger partial charge on any atom is -0.334 e. The molecule has 2 N–H and O–H groups in total. The summed E-state index contributed by atoms with van der Waals surface area (Å²) in [5, 5.41) is 19.0. The number of hydrogen-bond acceptors (Lipinski definition) is 3. The maximum absolute atomic E-state index is 12.1. The summed E-state index contributed by atoms with van der Waals surface area (Å²) in [6.07, 6.45) is 0. The van der Waals surface area contributed by atoms with Gasteiger partial charge in [0.05, 0.1) is 23.9 Å². The molecular weight excluding hydrogens is 338 g/mol. The molecule has 0 aliphatic carbocycles. The third-order valence-electron chi connectivity index (χ3n) is 4.40. The van der Waals surface area contributed by atoms with Gasteiger partial charge >= 0.3 is 6.03 Å². The Morgan fingerprint density at radius 1 is 1.11 bits per heavy atom. The van der Waals surface area contributed by atoms with E-state index in [4.69, 9.17) is 5.26 Å². The SMILES string of the molecule is Cc1nn(Cc2ccccc2)c(C)c1CNC(=O)Nc1ccc(C#N)cc1. The van der Waals surface area contributed by atoms with Crippen LogP contribution in [0.2, 0.25) is 0 Å². The predicted molar refractivity (Wildman–Crippen MR) is 104 cm³/mol. The van der Waals surface area contributed by atoms with Crippen molar-refractivity contribution in [3.63, 3.8) is 0 Å². The van der Waals surface area contributed by atoms with E-state index >= 15 is 0 Å². The zero-order chi connectivity index (χ0) is 19.2. The van der Waals surface area contributed by atoms with Crippen LogP contribution in [-0.4, -0.2) is 15.8 Å². The second-order valence-corrected chi connectivity index (χ2v) is 6.29. The van der Waals surface area contributed by atoms with Crippen LogP contribution in [0, 0.1) is 25.2 Å². The number of rotatable bonds is 5. The largest absolute Gasteiger partial charge is 0.334 e. The highest BCUT2D eigenvalue weighted by Crippen LogP contribution is 2.15. The molecular formula is C21H21N5O. The monoisotopic (exact) mass is 359 g/mol. The Labute approximate surface area is 158 Å². The fourth-order valence-corrected chi connectivity index (χ4v) is 2.87. The molecule has 136 valence electrons. The number of amides is 2. The molecule has 6 heteroatoms. The van der Waals surface area contributed by atoms with E-state index in [9.17, 15) is 4.79 Å². The molecule has 0 fully saturated rings. The molecule has 2 aromatic carbocycles. The van der Waals surface area contributed by atoms with Crippen molar-refractivity contribution >= 4 is 11.7 Å². The number of nitrogens with one attached hydrogen (secondary N) is 2. The van der Waals surface area contributed by atoms with E-state index < -0.39 is 0 Å². The number of nitriles is 1. The third-order valence-corrected chi connectivity index (χ3v) is 4.40. The minimum atomic E-state index is -0.297. The summed E-state index contributed by atoms with van der Waals surface area (Å²) < 4.78 is 1.96. The van der Waals surface area contributed by atoms with E-state index in [1.165, 1.54) is 5.56 Å². The summed E-state index contributed by atoms with van der Waals surface area (Å²) >= 11 is 0. The van der Waals surface area contributed by atoms with Gasteiger partial charge in [-0.2, -0.15) is 10.4 Å². The lowest BCUT2D eigenvalue weighted by Crippen LogP contribution is -2.28. The van der Waals surface area contributed by atoms with Crippen molar-refractivity contribution in [2.24, 2.45) is 0 Å². The van der Waals surface area contributed by atoms with Crippen LogP contribution in [0.25, 0.3) is 0 Å². The van der Waals surface area contributed by atoms with Crippen molar-refractivity contribution in [3.05, 3.63) is 82.7 Å². The summed E-state index contributed by atoms with van der Waals surface area (Å²) in [5.74, 6) is 0. The van der Waals surface area contributed by atoms with Gasteiger partial charge in [-0.3, -0.25) is 4.68 Å². The van der Waals surface area contributed by atoms with Gasteiger partial charge in [-0.15, -0.1) is 0 Å². The molecule has 3 aromatic rings. The molecule has 1 heterocycles. The summed E-state index contributed by atoms with van der Waals surface area (Å²) in [5.41, 5.74) is 5.33. The molecule has 0 unspecified atom stereocenters. The number of urea groups is 1. The van der Waals surface area contributed by atoms with E-state index in [2.05, 4.69) is 27.9 Å². The number of aromatic nitrogens is 2. The Morgan fingerprint density at radius 2 is 1.81 bits per heavy atom. The van der Waals surface area contributed by atoms with Crippen LogP contribution in [-0.2, 0) is 13.1 Å². The number of anilines is 1. The molecule has 0 saturated heterocycles. The average molecular weight is 359 g/mol. The highest BCUT2D eigenvalue weighted by Gasteiger charge is 2.13. The lowest BCUT2D eigenvalue weighted by Gasteiger charge is -2.09. The van der Waals surface area contributed by atoms with E-state index in [1.54, 1.807) is 24.3 Å². The van der Waals surface area contributed by atoms with Crippen molar-refractivity contribution < 1.29 is 4.79 Å². The quantitative estimate of drug-likeness (QED) is 0.728. The highest BCUT2D eigenvalue weighted by molar-refractivity contribution is 5.89. The van der Waals surface area contributed by atoms with Crippen molar-refractivity contribution in [3.8, 4) is 6.07 Å². The summed E-state index contributed by atoms with van der Waals surface area (Å²) in [7, 11) is 0. The van der Waals surface area contributed by atoms with Gasteiger partial charge in [0.15, 0.2) is 0 Å². The Hall–Kier alpha value is -3.59. The lowest BCUT2D eigenvalue weighted by molar-refractivity contribution is 0.251. The predicted octanol–water partition coefficient (Wildman–Crippen LogP) is 3.74. The fourth-order valence-electron chi connectivity index (χ4n) is 2.87. The molecule has 1 aromatic heterocycles. The van der Waals surface area contributed by atoms with Crippen molar-refractivity contribution in [1.82, 2.24) is 15.1 Å². The van der Waals surface area contributed by atoms with Crippen molar-refractivity contribution in [1.29, 1.82) is 5.26 Å². The first-order valence-electron chi connectivity index (χ1n) is 8.68. The van der Waals surface area contributed by atoms with E-state index in [-0.39, 0.29) is 6.03 Å². The third kappa shape index (κ3) is 4.53. The van der Waals surface area contributed by atoms with Gasteiger partial charge in [0.2, 0.25) is 0 Å². The molecule has 0 saturated carbocycles. The summed E-state index contributed by atoms with van der Waals surface area (Å²) in [6.45, 7) is 5.06. The number of nitrogens with zero attached hydrogens (tertiary/aromatic N) is 3. The molecule has 0 aliphatic rings. The molecule has 0 atom stereocenters. The molecule has 6 nitrogen and oxygen atoms in total. The molecule has 27 heavy (non-hydrogen) atoms. The Balaban J connectivity index is 1.62. The van der Waals surface area contributed by atoms with Gasteiger partial charge in [0.1, 0.15) is 0 Å². The lowest BCUT2D eigenvalue weighted by atomic mass is 10.2. The van der Waals surface area contributed by atoms with Crippen molar-refractivity contribution in [2.45, 2.75) is 26.9 Å². The van der Waals surface area contributed by atoms with Gasteiger partial charge in [0, 0.05) is 23.5 Å². The molecule has 0 radical (unpaired) electrons. The first-order chi connectivity index (χ1) is 13.1. The van der Waals surface area contributed by atoms with Crippen LogP contribution in [0.15, 0.2) is 54.6 Å². The average Bonchev–Trinajstić information content (AvgIpc) is 2.94. The first kappa shape index (κ1) is 18.2. The van der Waals surface area contributed by atoms with E-state index in [0.29, 0.717) is 24.3 Å². The van der Waals surface area contributed by atoms with E-state index in [1.807, 2.05) is 42.8 Å². The van der Waals surface area contributed by atoms with Crippen LogP contribution in [0.5, 0.6) is 0 Å². The van der Waals surface area contributed by atoms with Crippen LogP contribution < -0.4 is 10.6 Å².